The average molecular weight is 244 g/mol. The quantitative estimate of drug-likeness (QED) is 0.759. The van der Waals surface area contributed by atoms with E-state index in [4.69, 9.17) is 0 Å². The molecule has 0 amide bonds. The zero-order chi connectivity index (χ0) is 11.8. The number of hydrogen-bond donors (Lipinski definition) is 0. The van der Waals surface area contributed by atoms with Crippen LogP contribution in [0, 0.1) is 11.8 Å². The van der Waals surface area contributed by atoms with Crippen molar-refractivity contribution in [2.24, 2.45) is 11.8 Å². The topological polar surface area (TPSA) is 51.2 Å². The molecule has 2 rings (SSSR count). The highest BCUT2D eigenvalue weighted by atomic mass is 32.2. The van der Waals surface area contributed by atoms with E-state index in [1.807, 2.05) is 0 Å². The predicted molar refractivity (Wildman–Crippen MR) is 62.9 cm³/mol. The normalized spacial score (nSPS) is 31.3. The van der Waals surface area contributed by atoms with Crippen molar-refractivity contribution in [2.45, 2.75) is 50.7 Å². The Bertz CT molecular complexity index is 368. The van der Waals surface area contributed by atoms with E-state index in [1.54, 1.807) is 0 Å². The van der Waals surface area contributed by atoms with E-state index in [0.717, 1.165) is 38.5 Å². The van der Waals surface area contributed by atoms with Crippen molar-refractivity contribution in [3.05, 3.63) is 0 Å². The molecule has 0 saturated heterocycles. The molecule has 0 aromatic carbocycles. The Balaban J connectivity index is 1.97. The van der Waals surface area contributed by atoms with Gasteiger partial charge in [-0.1, -0.05) is 19.8 Å². The molecule has 2 aliphatic carbocycles. The maximum Gasteiger partial charge on any atom is 0.160 e. The van der Waals surface area contributed by atoms with Crippen molar-refractivity contribution in [1.29, 1.82) is 0 Å². The molecule has 0 aromatic heterocycles. The maximum absolute atomic E-state index is 12.1. The molecule has 3 nitrogen and oxygen atoms in total. The summed E-state index contributed by atoms with van der Waals surface area (Å²) in [4.78, 5) is 11.6. The minimum absolute atomic E-state index is 0.0433. The standard InChI is InChI=1S/C12H20O3S/c1-9-3-2-4-11(7-9)16(14,15)8-12(13)10-5-6-10/h9-11H,2-8H2,1H3. The highest BCUT2D eigenvalue weighted by molar-refractivity contribution is 7.92. The minimum atomic E-state index is -3.17. The number of rotatable bonds is 4. The number of carbonyl (C=O) groups excluding carboxylic acids is 1. The van der Waals surface area contributed by atoms with Crippen molar-refractivity contribution >= 4 is 15.6 Å². The summed E-state index contributed by atoms with van der Waals surface area (Å²) in [5, 5.41) is -0.251. The first kappa shape index (κ1) is 12.1. The number of carbonyl (C=O) groups is 1. The molecule has 2 atom stereocenters. The lowest BCUT2D eigenvalue weighted by Crippen LogP contribution is -2.32. The van der Waals surface area contributed by atoms with Crippen LogP contribution in [-0.2, 0) is 14.6 Å². The average Bonchev–Trinajstić information content (AvgIpc) is 3.00. The third kappa shape index (κ3) is 2.84. The Morgan fingerprint density at radius 3 is 2.44 bits per heavy atom. The maximum atomic E-state index is 12.1. The molecule has 2 aliphatic rings. The van der Waals surface area contributed by atoms with Gasteiger partial charge in [-0.15, -0.1) is 0 Å². The molecular formula is C12H20O3S. The molecule has 0 radical (unpaired) electrons. The number of ketones is 1. The molecule has 4 heteroatoms. The van der Waals surface area contributed by atoms with Crippen molar-refractivity contribution < 1.29 is 13.2 Å². The summed E-state index contributed by atoms with van der Waals surface area (Å²) in [5.74, 6) is 0.313. The van der Waals surface area contributed by atoms with E-state index in [-0.39, 0.29) is 22.7 Å². The van der Waals surface area contributed by atoms with Crippen LogP contribution in [0.5, 0.6) is 0 Å². The third-order valence-corrected chi connectivity index (χ3v) is 5.90. The molecule has 2 unspecified atom stereocenters. The second-order valence-electron chi connectivity index (χ2n) is 5.44. The zero-order valence-corrected chi connectivity index (χ0v) is 10.6. The first-order valence-corrected chi connectivity index (χ1v) is 7.95. The second-order valence-corrected chi connectivity index (χ2v) is 7.72. The van der Waals surface area contributed by atoms with Crippen LogP contribution in [0.3, 0.4) is 0 Å². The van der Waals surface area contributed by atoms with Gasteiger partial charge < -0.3 is 0 Å². The predicted octanol–water partition coefficient (Wildman–Crippen LogP) is 1.96. The molecule has 0 heterocycles. The molecule has 0 aliphatic heterocycles. The van der Waals surface area contributed by atoms with Crippen molar-refractivity contribution in [2.75, 3.05) is 5.75 Å². The fraction of sp³-hybridized carbons (Fsp3) is 0.917. The number of hydrogen-bond acceptors (Lipinski definition) is 3. The summed E-state index contributed by atoms with van der Waals surface area (Å²) >= 11 is 0. The van der Waals surface area contributed by atoms with Crippen LogP contribution in [0.2, 0.25) is 0 Å². The molecule has 0 spiro atoms. The monoisotopic (exact) mass is 244 g/mol. The van der Waals surface area contributed by atoms with Crippen LogP contribution in [0.15, 0.2) is 0 Å². The van der Waals surface area contributed by atoms with Gasteiger partial charge in [-0.25, -0.2) is 8.42 Å². The largest absolute Gasteiger partial charge is 0.298 e. The molecule has 0 aromatic rings. The smallest absolute Gasteiger partial charge is 0.160 e. The van der Waals surface area contributed by atoms with E-state index in [0.29, 0.717) is 5.92 Å². The van der Waals surface area contributed by atoms with Gasteiger partial charge in [-0.3, -0.25) is 4.79 Å². The van der Waals surface area contributed by atoms with Crippen molar-refractivity contribution in [3.8, 4) is 0 Å². The summed E-state index contributed by atoms with van der Waals surface area (Å²) in [6.45, 7) is 2.10. The van der Waals surface area contributed by atoms with Crippen LogP contribution in [0.25, 0.3) is 0 Å². The minimum Gasteiger partial charge on any atom is -0.298 e. The van der Waals surface area contributed by atoms with Crippen LogP contribution in [0.1, 0.15) is 45.4 Å². The van der Waals surface area contributed by atoms with Crippen molar-refractivity contribution in [3.63, 3.8) is 0 Å². The second kappa shape index (κ2) is 4.47. The van der Waals surface area contributed by atoms with Gasteiger partial charge in [0.15, 0.2) is 15.6 Å². The Morgan fingerprint density at radius 1 is 1.19 bits per heavy atom. The van der Waals surface area contributed by atoms with Gasteiger partial charge in [-0.05, 0) is 31.6 Å². The summed E-state index contributed by atoms with van der Waals surface area (Å²) in [5.41, 5.74) is 0. The summed E-state index contributed by atoms with van der Waals surface area (Å²) in [7, 11) is -3.17. The number of Topliss-reactive ketones (excluding diaryl/α,β-unsaturated/α-hetero) is 1. The SMILES string of the molecule is CC1CCCC(S(=O)(=O)CC(=O)C2CC2)C1. The highest BCUT2D eigenvalue weighted by Gasteiger charge is 2.36. The Morgan fingerprint density at radius 2 is 1.88 bits per heavy atom. The van der Waals surface area contributed by atoms with E-state index >= 15 is 0 Å². The third-order valence-electron chi connectivity index (χ3n) is 3.77. The van der Waals surface area contributed by atoms with Gasteiger partial charge in [0.25, 0.3) is 0 Å². The van der Waals surface area contributed by atoms with Gasteiger partial charge in [0.05, 0.1) is 5.25 Å². The summed E-state index contributed by atoms with van der Waals surface area (Å²) < 4.78 is 24.1. The molecule has 92 valence electrons. The molecule has 0 bridgehead atoms. The van der Waals surface area contributed by atoms with E-state index < -0.39 is 9.84 Å². The fourth-order valence-corrected chi connectivity index (χ4v) is 4.56. The van der Waals surface area contributed by atoms with E-state index in [1.165, 1.54) is 0 Å². The van der Waals surface area contributed by atoms with Crippen molar-refractivity contribution in [1.82, 2.24) is 0 Å². The Kier molecular flexibility index (Phi) is 3.38. The number of sulfone groups is 1. The lowest BCUT2D eigenvalue weighted by Gasteiger charge is -2.26. The van der Waals surface area contributed by atoms with Gasteiger partial charge in [0.1, 0.15) is 5.75 Å². The van der Waals surface area contributed by atoms with Crippen LogP contribution in [0.4, 0.5) is 0 Å². The van der Waals surface area contributed by atoms with Crippen LogP contribution < -0.4 is 0 Å². The van der Waals surface area contributed by atoms with Gasteiger partial charge >= 0.3 is 0 Å². The van der Waals surface area contributed by atoms with Gasteiger partial charge in [0, 0.05) is 5.92 Å². The van der Waals surface area contributed by atoms with Gasteiger partial charge in [0.2, 0.25) is 0 Å². The van der Waals surface area contributed by atoms with Gasteiger partial charge in [-0.2, -0.15) is 0 Å². The highest BCUT2D eigenvalue weighted by Crippen LogP contribution is 2.33. The van der Waals surface area contributed by atoms with E-state index in [2.05, 4.69) is 6.92 Å². The lowest BCUT2D eigenvalue weighted by atomic mass is 9.91. The van der Waals surface area contributed by atoms with Crippen LogP contribution in [-0.4, -0.2) is 25.2 Å². The molecular weight excluding hydrogens is 224 g/mol. The molecule has 0 N–H and O–H groups in total. The zero-order valence-electron chi connectivity index (χ0n) is 9.81. The summed E-state index contributed by atoms with van der Waals surface area (Å²) in [6.07, 6.45) is 5.42. The molecule has 2 fully saturated rings. The lowest BCUT2D eigenvalue weighted by molar-refractivity contribution is -0.117. The first-order chi connectivity index (χ1) is 7.49. The van der Waals surface area contributed by atoms with Crippen LogP contribution >= 0.6 is 0 Å². The Labute approximate surface area is 97.5 Å². The molecule has 16 heavy (non-hydrogen) atoms. The Hall–Kier alpha value is -0.380. The fourth-order valence-electron chi connectivity index (χ4n) is 2.54. The summed E-state index contributed by atoms with van der Waals surface area (Å²) in [6, 6.07) is 0. The van der Waals surface area contributed by atoms with E-state index in [9.17, 15) is 13.2 Å². The first-order valence-electron chi connectivity index (χ1n) is 6.23. The molecule has 2 saturated carbocycles.